The largest absolute Gasteiger partial charge is 0.497 e. The third-order valence-corrected chi connectivity index (χ3v) is 4.90. The van der Waals surface area contributed by atoms with E-state index in [0.29, 0.717) is 35.1 Å². The lowest BCUT2D eigenvalue weighted by Crippen LogP contribution is -2.29. The van der Waals surface area contributed by atoms with Crippen LogP contribution in [-0.4, -0.2) is 48.5 Å². The van der Waals surface area contributed by atoms with Crippen molar-refractivity contribution < 1.29 is 19.0 Å². The molecule has 1 amide bonds. The van der Waals surface area contributed by atoms with Crippen molar-refractivity contribution in [2.75, 3.05) is 27.9 Å². The Hall–Kier alpha value is -3.33. The summed E-state index contributed by atoms with van der Waals surface area (Å²) in [4.78, 5) is 12.5. The number of methoxy groups -OCH3 is 3. The standard InChI is InChI=1S/C21H24N4O4S/c1-27-16-7-5-15(6-8-16)20-23-24-21(30)25(20)13-19(26)22-11-10-14-4-9-17(28-2)18(12-14)29-3/h4-9,12H,10-11,13H2,1-3H3,(H,22,26)(H,24,30). The number of benzene rings is 2. The number of hydrogen-bond acceptors (Lipinski definition) is 6. The van der Waals surface area contributed by atoms with Gasteiger partial charge in [0.2, 0.25) is 5.91 Å². The van der Waals surface area contributed by atoms with Crippen molar-refractivity contribution in [2.24, 2.45) is 0 Å². The summed E-state index contributed by atoms with van der Waals surface area (Å²) in [6.07, 6.45) is 0.661. The van der Waals surface area contributed by atoms with Crippen molar-refractivity contribution in [3.8, 4) is 28.6 Å². The van der Waals surface area contributed by atoms with Gasteiger partial charge < -0.3 is 19.5 Å². The Morgan fingerprint density at radius 1 is 1.07 bits per heavy atom. The molecule has 9 heteroatoms. The molecule has 158 valence electrons. The monoisotopic (exact) mass is 428 g/mol. The molecule has 1 aromatic heterocycles. The van der Waals surface area contributed by atoms with Crippen LogP contribution in [0.15, 0.2) is 42.5 Å². The molecule has 0 saturated carbocycles. The fourth-order valence-corrected chi connectivity index (χ4v) is 3.20. The molecule has 2 N–H and O–H groups in total. The normalized spacial score (nSPS) is 10.5. The molecule has 0 bridgehead atoms. The zero-order chi connectivity index (χ0) is 21.5. The molecule has 0 radical (unpaired) electrons. The van der Waals surface area contributed by atoms with Crippen LogP contribution in [0.2, 0.25) is 0 Å². The number of carbonyl (C=O) groups excluding carboxylic acids is 1. The maximum absolute atomic E-state index is 12.5. The van der Waals surface area contributed by atoms with Gasteiger partial charge in [-0.2, -0.15) is 5.10 Å². The Morgan fingerprint density at radius 2 is 1.80 bits per heavy atom. The Kier molecular flexibility index (Phi) is 7.08. The molecule has 3 rings (SSSR count). The van der Waals surface area contributed by atoms with Gasteiger partial charge in [-0.1, -0.05) is 6.07 Å². The van der Waals surface area contributed by atoms with Gasteiger partial charge in [-0.05, 0) is 60.6 Å². The number of nitrogens with one attached hydrogen (secondary N) is 2. The van der Waals surface area contributed by atoms with Crippen molar-refractivity contribution in [2.45, 2.75) is 13.0 Å². The van der Waals surface area contributed by atoms with Crippen LogP contribution in [0.5, 0.6) is 17.2 Å². The number of rotatable bonds is 9. The predicted octanol–water partition coefficient (Wildman–Crippen LogP) is 2.99. The minimum atomic E-state index is -0.150. The zero-order valence-electron chi connectivity index (χ0n) is 17.1. The third kappa shape index (κ3) is 4.98. The molecule has 0 atom stereocenters. The second-order valence-electron chi connectivity index (χ2n) is 6.46. The van der Waals surface area contributed by atoms with E-state index in [1.165, 1.54) is 0 Å². The summed E-state index contributed by atoms with van der Waals surface area (Å²) in [5, 5.41) is 9.93. The van der Waals surface area contributed by atoms with E-state index in [-0.39, 0.29) is 12.5 Å². The first-order valence-corrected chi connectivity index (χ1v) is 9.73. The lowest BCUT2D eigenvalue weighted by molar-refractivity contribution is -0.121. The topological polar surface area (TPSA) is 90.4 Å². The highest BCUT2D eigenvalue weighted by molar-refractivity contribution is 7.71. The van der Waals surface area contributed by atoms with Gasteiger partial charge in [-0.3, -0.25) is 14.5 Å². The van der Waals surface area contributed by atoms with Crippen LogP contribution in [0, 0.1) is 4.77 Å². The van der Waals surface area contributed by atoms with Crippen LogP contribution in [0.3, 0.4) is 0 Å². The Bertz CT molecular complexity index is 1060. The second kappa shape index (κ2) is 9.93. The Morgan fingerprint density at radius 3 is 2.47 bits per heavy atom. The number of aromatic amines is 1. The van der Waals surface area contributed by atoms with E-state index in [4.69, 9.17) is 26.4 Å². The van der Waals surface area contributed by atoms with E-state index >= 15 is 0 Å². The van der Waals surface area contributed by atoms with Crippen LogP contribution in [0.25, 0.3) is 11.4 Å². The molecule has 3 aromatic rings. The van der Waals surface area contributed by atoms with Gasteiger partial charge in [0, 0.05) is 12.1 Å². The maximum atomic E-state index is 12.5. The lowest BCUT2D eigenvalue weighted by atomic mass is 10.1. The summed E-state index contributed by atoms with van der Waals surface area (Å²) in [6, 6.07) is 13.1. The highest BCUT2D eigenvalue weighted by Crippen LogP contribution is 2.27. The summed E-state index contributed by atoms with van der Waals surface area (Å²) in [5.74, 6) is 2.52. The highest BCUT2D eigenvalue weighted by Gasteiger charge is 2.13. The lowest BCUT2D eigenvalue weighted by Gasteiger charge is -2.11. The average molecular weight is 429 g/mol. The first kappa shape index (κ1) is 21.4. The van der Waals surface area contributed by atoms with E-state index < -0.39 is 0 Å². The van der Waals surface area contributed by atoms with Crippen molar-refractivity contribution in [1.29, 1.82) is 0 Å². The number of H-pyrrole nitrogens is 1. The molecule has 0 spiro atoms. The molecule has 0 saturated heterocycles. The molecule has 1 heterocycles. The van der Waals surface area contributed by atoms with Crippen molar-refractivity contribution in [1.82, 2.24) is 20.1 Å². The minimum absolute atomic E-state index is 0.0721. The first-order chi connectivity index (χ1) is 14.5. The van der Waals surface area contributed by atoms with Gasteiger partial charge in [0.25, 0.3) is 0 Å². The van der Waals surface area contributed by atoms with Gasteiger partial charge in [-0.15, -0.1) is 0 Å². The van der Waals surface area contributed by atoms with E-state index in [2.05, 4.69) is 15.5 Å². The number of ether oxygens (including phenoxy) is 3. The van der Waals surface area contributed by atoms with Crippen LogP contribution in [-0.2, 0) is 17.8 Å². The third-order valence-electron chi connectivity index (χ3n) is 4.59. The fourth-order valence-electron chi connectivity index (χ4n) is 3.01. The smallest absolute Gasteiger partial charge is 0.240 e. The summed E-state index contributed by atoms with van der Waals surface area (Å²) in [5.41, 5.74) is 1.87. The van der Waals surface area contributed by atoms with Crippen LogP contribution in [0.4, 0.5) is 0 Å². The molecule has 30 heavy (non-hydrogen) atoms. The maximum Gasteiger partial charge on any atom is 0.240 e. The van der Waals surface area contributed by atoms with Gasteiger partial charge in [0.1, 0.15) is 12.3 Å². The summed E-state index contributed by atoms with van der Waals surface area (Å²) >= 11 is 5.29. The SMILES string of the molecule is COc1ccc(-c2n[nH]c(=S)n2CC(=O)NCCc2ccc(OC)c(OC)c2)cc1. The van der Waals surface area contributed by atoms with Crippen LogP contribution >= 0.6 is 12.2 Å². The second-order valence-corrected chi connectivity index (χ2v) is 6.84. The van der Waals surface area contributed by atoms with E-state index in [0.717, 1.165) is 16.9 Å². The molecule has 0 aliphatic rings. The predicted molar refractivity (Wildman–Crippen MR) is 116 cm³/mol. The van der Waals surface area contributed by atoms with E-state index in [9.17, 15) is 4.79 Å². The number of carbonyl (C=O) groups is 1. The van der Waals surface area contributed by atoms with Gasteiger partial charge in [-0.25, -0.2) is 0 Å². The van der Waals surface area contributed by atoms with Gasteiger partial charge >= 0.3 is 0 Å². The fraction of sp³-hybridized carbons (Fsp3) is 0.286. The molecule has 8 nitrogen and oxygen atoms in total. The molecule has 0 fully saturated rings. The molecular formula is C21H24N4O4S. The van der Waals surface area contributed by atoms with E-state index in [1.807, 2.05) is 42.5 Å². The first-order valence-electron chi connectivity index (χ1n) is 9.33. The molecular weight excluding hydrogens is 404 g/mol. The van der Waals surface area contributed by atoms with Crippen molar-refractivity contribution in [3.63, 3.8) is 0 Å². The minimum Gasteiger partial charge on any atom is -0.497 e. The van der Waals surface area contributed by atoms with Crippen LogP contribution in [0.1, 0.15) is 5.56 Å². The van der Waals surface area contributed by atoms with E-state index in [1.54, 1.807) is 25.9 Å². The summed E-state index contributed by atoms with van der Waals surface area (Å²) in [6.45, 7) is 0.556. The van der Waals surface area contributed by atoms with Crippen LogP contribution < -0.4 is 19.5 Å². The van der Waals surface area contributed by atoms with Crippen molar-refractivity contribution in [3.05, 3.63) is 52.8 Å². The summed E-state index contributed by atoms with van der Waals surface area (Å²) in [7, 11) is 4.80. The quantitative estimate of drug-likeness (QED) is 0.509. The summed E-state index contributed by atoms with van der Waals surface area (Å²) < 4.78 is 17.8. The number of aromatic nitrogens is 3. The molecule has 0 unspecified atom stereocenters. The molecule has 2 aromatic carbocycles. The molecule has 0 aliphatic heterocycles. The van der Waals surface area contributed by atoms with Gasteiger partial charge in [0.05, 0.1) is 21.3 Å². The zero-order valence-corrected chi connectivity index (χ0v) is 17.9. The number of hydrogen-bond donors (Lipinski definition) is 2. The Balaban J connectivity index is 1.61. The van der Waals surface area contributed by atoms with Crippen molar-refractivity contribution >= 4 is 18.1 Å². The molecule has 0 aliphatic carbocycles. The van der Waals surface area contributed by atoms with Gasteiger partial charge in [0.15, 0.2) is 22.1 Å². The number of nitrogens with zero attached hydrogens (tertiary/aromatic N) is 2. The average Bonchev–Trinajstić information content (AvgIpc) is 3.13. The highest BCUT2D eigenvalue weighted by atomic mass is 32.1. The Labute approximate surface area is 179 Å². The number of amides is 1.